The zero-order valence-electron chi connectivity index (χ0n) is 13.7. The van der Waals surface area contributed by atoms with Crippen LogP contribution in [0.3, 0.4) is 0 Å². The fourth-order valence-corrected chi connectivity index (χ4v) is 2.82. The number of hydrogen-bond donors (Lipinski definition) is 2. The lowest BCUT2D eigenvalue weighted by Crippen LogP contribution is -2.18. The number of nitrogens with two attached hydrogens (primary N) is 1. The minimum atomic E-state index is -0.226. The summed E-state index contributed by atoms with van der Waals surface area (Å²) >= 11 is 0. The van der Waals surface area contributed by atoms with Gasteiger partial charge in [-0.05, 0) is 54.3 Å². The van der Waals surface area contributed by atoms with Crippen LogP contribution in [0.1, 0.15) is 23.6 Å². The van der Waals surface area contributed by atoms with Crippen LogP contribution in [0.25, 0.3) is 0 Å². The maximum Gasteiger partial charge on any atom is 0.123 e. The van der Waals surface area contributed by atoms with E-state index in [4.69, 9.17) is 10.5 Å². The summed E-state index contributed by atoms with van der Waals surface area (Å²) in [6.45, 7) is 0.291. The van der Waals surface area contributed by atoms with Crippen molar-refractivity contribution in [1.29, 1.82) is 0 Å². The number of nitrogens with one attached hydrogen (secondary N) is 1. The maximum atomic E-state index is 13.0. The first-order chi connectivity index (χ1) is 11.7. The zero-order valence-corrected chi connectivity index (χ0v) is 14.5. The minimum Gasteiger partial charge on any atom is -0.489 e. The van der Waals surface area contributed by atoms with Crippen molar-refractivity contribution in [2.75, 3.05) is 18.5 Å². The predicted octanol–water partition coefficient (Wildman–Crippen LogP) is 4.54. The predicted molar refractivity (Wildman–Crippen MR) is 98.5 cm³/mol. The van der Waals surface area contributed by atoms with Gasteiger partial charge in [0.2, 0.25) is 0 Å². The van der Waals surface area contributed by atoms with Crippen LogP contribution in [-0.4, -0.2) is 13.2 Å². The molecule has 0 aliphatic carbocycles. The first-order valence-electron chi connectivity index (χ1n) is 7.95. The highest BCUT2D eigenvalue weighted by atomic mass is 35.5. The molecule has 3 nitrogen and oxygen atoms in total. The van der Waals surface area contributed by atoms with E-state index < -0.39 is 0 Å². The van der Waals surface area contributed by atoms with Gasteiger partial charge in [-0.25, -0.2) is 8.78 Å². The zero-order chi connectivity index (χ0) is 16.9. The molecule has 0 fully saturated rings. The van der Waals surface area contributed by atoms with Gasteiger partial charge in [-0.2, -0.15) is 0 Å². The first kappa shape index (κ1) is 19.2. The van der Waals surface area contributed by atoms with Crippen LogP contribution in [-0.2, 0) is 6.42 Å². The SMILES string of the molecule is Cl.NC/C(=C/F)COc1ccc2c(c1)CCC(c1ccc(F)cc1)N2. The van der Waals surface area contributed by atoms with E-state index >= 15 is 0 Å². The van der Waals surface area contributed by atoms with Gasteiger partial charge >= 0.3 is 0 Å². The highest BCUT2D eigenvalue weighted by Crippen LogP contribution is 2.34. The normalized spacial score (nSPS) is 16.4. The van der Waals surface area contributed by atoms with Crippen molar-refractivity contribution in [2.24, 2.45) is 5.73 Å². The molecule has 1 aliphatic heterocycles. The highest BCUT2D eigenvalue weighted by molar-refractivity contribution is 5.85. The number of aryl methyl sites for hydroxylation is 1. The van der Waals surface area contributed by atoms with E-state index in [-0.39, 0.29) is 37.4 Å². The number of anilines is 1. The largest absolute Gasteiger partial charge is 0.489 e. The lowest BCUT2D eigenvalue weighted by atomic mass is 9.93. The van der Waals surface area contributed by atoms with Crippen molar-refractivity contribution in [1.82, 2.24) is 0 Å². The first-order valence-corrected chi connectivity index (χ1v) is 7.95. The summed E-state index contributed by atoms with van der Waals surface area (Å²) in [5.74, 6) is 0.472. The summed E-state index contributed by atoms with van der Waals surface area (Å²) < 4.78 is 31.1. The molecule has 6 heteroatoms. The smallest absolute Gasteiger partial charge is 0.123 e. The third kappa shape index (κ3) is 4.71. The molecule has 1 heterocycles. The molecule has 0 spiro atoms. The molecule has 0 amide bonds. The minimum absolute atomic E-state index is 0. The van der Waals surface area contributed by atoms with Gasteiger partial charge in [0.15, 0.2) is 0 Å². The molecule has 2 aromatic rings. The monoisotopic (exact) mass is 366 g/mol. The van der Waals surface area contributed by atoms with Gasteiger partial charge in [-0.3, -0.25) is 0 Å². The van der Waals surface area contributed by atoms with E-state index in [1.165, 1.54) is 12.1 Å². The fraction of sp³-hybridized carbons (Fsp3) is 0.263. The Morgan fingerprint density at radius 2 is 2.00 bits per heavy atom. The van der Waals surface area contributed by atoms with E-state index in [0.29, 0.717) is 17.7 Å². The molecule has 1 unspecified atom stereocenters. The van der Waals surface area contributed by atoms with Crippen LogP contribution in [0.4, 0.5) is 14.5 Å². The molecule has 1 atom stereocenters. The van der Waals surface area contributed by atoms with Gasteiger partial charge < -0.3 is 15.8 Å². The molecule has 0 bridgehead atoms. The van der Waals surface area contributed by atoms with Gasteiger partial charge in [0.25, 0.3) is 0 Å². The van der Waals surface area contributed by atoms with Crippen molar-refractivity contribution in [2.45, 2.75) is 18.9 Å². The lowest BCUT2D eigenvalue weighted by Gasteiger charge is -2.28. The molecule has 0 radical (unpaired) electrons. The number of benzene rings is 2. The summed E-state index contributed by atoms with van der Waals surface area (Å²) in [5.41, 5.74) is 9.11. The van der Waals surface area contributed by atoms with Crippen LogP contribution in [0.2, 0.25) is 0 Å². The molecule has 134 valence electrons. The second kappa shape index (κ2) is 8.83. The summed E-state index contributed by atoms with van der Waals surface area (Å²) in [6, 6.07) is 12.5. The average molecular weight is 367 g/mol. The van der Waals surface area contributed by atoms with Crippen LogP contribution >= 0.6 is 12.4 Å². The molecule has 2 aromatic carbocycles. The van der Waals surface area contributed by atoms with E-state index in [0.717, 1.165) is 29.7 Å². The van der Waals surface area contributed by atoms with E-state index in [1.807, 2.05) is 30.3 Å². The average Bonchev–Trinajstić information content (AvgIpc) is 2.62. The number of fused-ring (bicyclic) bond motifs is 1. The third-order valence-electron chi connectivity index (χ3n) is 4.22. The molecule has 25 heavy (non-hydrogen) atoms. The fourth-order valence-electron chi connectivity index (χ4n) is 2.82. The molecule has 1 aliphatic rings. The molecule has 3 N–H and O–H groups in total. The second-order valence-corrected chi connectivity index (χ2v) is 5.87. The van der Waals surface area contributed by atoms with Gasteiger partial charge in [0.1, 0.15) is 18.2 Å². The Labute approximate surface area is 152 Å². The standard InChI is InChI=1S/C19H20F2N2O.ClH/c20-10-13(11-22)12-24-17-6-8-19-15(9-17)3-7-18(23-19)14-1-4-16(21)5-2-14;/h1-2,4-6,8-10,18,23H,3,7,11-12,22H2;1H/b13-10-;. The summed E-state index contributed by atoms with van der Waals surface area (Å²) in [5, 5.41) is 3.48. The molecule has 0 aromatic heterocycles. The Kier molecular flexibility index (Phi) is 6.79. The number of hydrogen-bond acceptors (Lipinski definition) is 3. The summed E-state index contributed by atoms with van der Waals surface area (Å²) in [4.78, 5) is 0. The van der Waals surface area contributed by atoms with Crippen molar-refractivity contribution >= 4 is 18.1 Å². The number of ether oxygens (including phenoxy) is 1. The van der Waals surface area contributed by atoms with Gasteiger partial charge in [-0.1, -0.05) is 12.1 Å². The topological polar surface area (TPSA) is 47.3 Å². The van der Waals surface area contributed by atoms with Crippen LogP contribution in [0.5, 0.6) is 5.75 Å². The van der Waals surface area contributed by atoms with Crippen molar-refractivity contribution in [3.05, 3.63) is 71.3 Å². The number of halogens is 3. The Morgan fingerprint density at radius 3 is 2.68 bits per heavy atom. The molecule has 0 saturated heterocycles. The summed E-state index contributed by atoms with van der Waals surface area (Å²) in [6.07, 6.45) is 2.30. The maximum absolute atomic E-state index is 13.0. The number of rotatable bonds is 5. The molecular formula is C19H21ClF2N2O. The van der Waals surface area contributed by atoms with E-state index in [1.54, 1.807) is 0 Å². The quantitative estimate of drug-likeness (QED) is 0.816. The van der Waals surface area contributed by atoms with E-state index in [9.17, 15) is 8.78 Å². The highest BCUT2D eigenvalue weighted by Gasteiger charge is 2.19. The Balaban J connectivity index is 0.00000225. The van der Waals surface area contributed by atoms with Gasteiger partial charge in [-0.15, -0.1) is 12.4 Å². The Hall–Kier alpha value is -2.11. The molecule has 0 saturated carbocycles. The van der Waals surface area contributed by atoms with Crippen molar-refractivity contribution in [3.8, 4) is 5.75 Å². The van der Waals surface area contributed by atoms with Crippen molar-refractivity contribution in [3.63, 3.8) is 0 Å². The summed E-state index contributed by atoms with van der Waals surface area (Å²) in [7, 11) is 0. The Morgan fingerprint density at radius 1 is 1.24 bits per heavy atom. The molecular weight excluding hydrogens is 346 g/mol. The van der Waals surface area contributed by atoms with Gasteiger partial charge in [0.05, 0.1) is 12.4 Å². The van der Waals surface area contributed by atoms with Gasteiger partial charge in [0, 0.05) is 17.8 Å². The third-order valence-corrected chi connectivity index (χ3v) is 4.22. The van der Waals surface area contributed by atoms with Crippen LogP contribution in [0.15, 0.2) is 54.4 Å². The van der Waals surface area contributed by atoms with E-state index in [2.05, 4.69) is 5.32 Å². The Bertz CT molecular complexity index is 735. The molecule has 3 rings (SSSR count). The van der Waals surface area contributed by atoms with Crippen LogP contribution < -0.4 is 15.8 Å². The second-order valence-electron chi connectivity index (χ2n) is 5.87. The van der Waals surface area contributed by atoms with Crippen molar-refractivity contribution < 1.29 is 13.5 Å². The van der Waals surface area contributed by atoms with Crippen LogP contribution in [0, 0.1) is 5.82 Å². The lowest BCUT2D eigenvalue weighted by molar-refractivity contribution is 0.347.